The highest BCUT2D eigenvalue weighted by Gasteiger charge is 2.23. The van der Waals surface area contributed by atoms with Gasteiger partial charge >= 0.3 is 0 Å². The summed E-state index contributed by atoms with van der Waals surface area (Å²) in [5.41, 5.74) is 5.11. The Bertz CT molecular complexity index is 741. The van der Waals surface area contributed by atoms with E-state index < -0.39 is 0 Å². The second-order valence-corrected chi connectivity index (χ2v) is 7.02. The van der Waals surface area contributed by atoms with Gasteiger partial charge in [0.05, 0.1) is 17.9 Å². The van der Waals surface area contributed by atoms with Gasteiger partial charge in [0, 0.05) is 18.8 Å². The number of nitrogens with one attached hydrogen (secondary N) is 2. The molecule has 2 aliphatic carbocycles. The molecule has 1 aromatic heterocycles. The molecular weight excluding hydrogens is 310 g/mol. The summed E-state index contributed by atoms with van der Waals surface area (Å²) in [6, 6.07) is 11.0. The van der Waals surface area contributed by atoms with Crippen LogP contribution < -0.4 is 10.6 Å². The predicted octanol–water partition coefficient (Wildman–Crippen LogP) is 2.97. The van der Waals surface area contributed by atoms with Crippen LogP contribution in [0.2, 0.25) is 0 Å². The SMILES string of the molecule is CN=C(NCc1nn(-c2ccccc2)c2c1CCC2)NC1CCCC1. The number of hydrogen-bond acceptors (Lipinski definition) is 2. The van der Waals surface area contributed by atoms with E-state index in [4.69, 9.17) is 5.10 Å². The Hall–Kier alpha value is -2.30. The predicted molar refractivity (Wildman–Crippen MR) is 101 cm³/mol. The van der Waals surface area contributed by atoms with Crippen molar-refractivity contribution in [3.8, 4) is 5.69 Å². The van der Waals surface area contributed by atoms with E-state index in [0.717, 1.165) is 36.7 Å². The van der Waals surface area contributed by atoms with Gasteiger partial charge in [0.25, 0.3) is 0 Å². The largest absolute Gasteiger partial charge is 0.354 e. The number of guanidine groups is 1. The van der Waals surface area contributed by atoms with Crippen molar-refractivity contribution in [2.45, 2.75) is 57.5 Å². The van der Waals surface area contributed by atoms with Gasteiger partial charge in [0.1, 0.15) is 0 Å². The number of benzene rings is 1. The zero-order valence-electron chi connectivity index (χ0n) is 15.0. The molecule has 0 saturated heterocycles. The first-order valence-electron chi connectivity index (χ1n) is 9.47. The number of nitrogens with zero attached hydrogens (tertiary/aromatic N) is 3. The molecule has 1 heterocycles. The standard InChI is InChI=1S/C20H27N5/c1-21-20(23-15-8-5-6-9-15)22-14-18-17-12-7-13-19(17)25(24-18)16-10-3-2-4-11-16/h2-4,10-11,15H,5-9,12-14H2,1H3,(H2,21,22,23). The molecule has 132 valence electrons. The molecule has 1 aromatic carbocycles. The molecule has 5 nitrogen and oxygen atoms in total. The van der Waals surface area contributed by atoms with Crippen molar-refractivity contribution in [1.29, 1.82) is 0 Å². The van der Waals surface area contributed by atoms with Crippen molar-refractivity contribution in [2.75, 3.05) is 7.05 Å². The van der Waals surface area contributed by atoms with E-state index in [2.05, 4.69) is 44.6 Å². The lowest BCUT2D eigenvalue weighted by atomic mass is 10.2. The number of fused-ring (bicyclic) bond motifs is 1. The van der Waals surface area contributed by atoms with Gasteiger partial charge in [-0.25, -0.2) is 4.68 Å². The smallest absolute Gasteiger partial charge is 0.191 e. The molecule has 0 aliphatic heterocycles. The Kier molecular flexibility index (Phi) is 4.72. The minimum absolute atomic E-state index is 0.568. The summed E-state index contributed by atoms with van der Waals surface area (Å²) in [5.74, 6) is 0.896. The Morgan fingerprint density at radius 2 is 1.96 bits per heavy atom. The lowest BCUT2D eigenvalue weighted by Gasteiger charge is -2.16. The topological polar surface area (TPSA) is 54.2 Å². The van der Waals surface area contributed by atoms with Crippen LogP contribution in [0.25, 0.3) is 5.69 Å². The van der Waals surface area contributed by atoms with E-state index >= 15 is 0 Å². The van der Waals surface area contributed by atoms with Crippen LogP contribution in [-0.4, -0.2) is 28.8 Å². The van der Waals surface area contributed by atoms with Crippen molar-refractivity contribution in [3.05, 3.63) is 47.3 Å². The second-order valence-electron chi connectivity index (χ2n) is 7.02. The first-order chi connectivity index (χ1) is 12.3. The second kappa shape index (κ2) is 7.30. The molecule has 0 amide bonds. The molecule has 0 unspecified atom stereocenters. The highest BCUT2D eigenvalue weighted by Crippen LogP contribution is 2.27. The van der Waals surface area contributed by atoms with Gasteiger partial charge in [0.2, 0.25) is 0 Å². The number of aliphatic imine (C=N–C) groups is 1. The molecule has 1 saturated carbocycles. The highest BCUT2D eigenvalue weighted by molar-refractivity contribution is 5.80. The van der Waals surface area contributed by atoms with Crippen LogP contribution in [0.3, 0.4) is 0 Å². The van der Waals surface area contributed by atoms with E-state index in [9.17, 15) is 0 Å². The Balaban J connectivity index is 1.49. The average molecular weight is 337 g/mol. The highest BCUT2D eigenvalue weighted by atomic mass is 15.3. The van der Waals surface area contributed by atoms with Crippen LogP contribution in [0.1, 0.15) is 49.1 Å². The third-order valence-electron chi connectivity index (χ3n) is 5.36. The summed E-state index contributed by atoms with van der Waals surface area (Å²) >= 11 is 0. The summed E-state index contributed by atoms with van der Waals surface area (Å²) < 4.78 is 2.13. The minimum Gasteiger partial charge on any atom is -0.354 e. The van der Waals surface area contributed by atoms with Crippen molar-refractivity contribution in [1.82, 2.24) is 20.4 Å². The fourth-order valence-corrected chi connectivity index (χ4v) is 4.06. The van der Waals surface area contributed by atoms with Crippen LogP contribution in [-0.2, 0) is 19.4 Å². The van der Waals surface area contributed by atoms with Crippen LogP contribution in [0, 0.1) is 0 Å². The molecule has 2 N–H and O–H groups in total. The molecule has 2 aromatic rings. The van der Waals surface area contributed by atoms with E-state index in [1.165, 1.54) is 43.4 Å². The monoisotopic (exact) mass is 337 g/mol. The van der Waals surface area contributed by atoms with Gasteiger partial charge < -0.3 is 10.6 Å². The van der Waals surface area contributed by atoms with Crippen molar-refractivity contribution < 1.29 is 0 Å². The molecule has 0 atom stereocenters. The van der Waals surface area contributed by atoms with Gasteiger partial charge in [0.15, 0.2) is 5.96 Å². The molecule has 5 heteroatoms. The van der Waals surface area contributed by atoms with Crippen LogP contribution in [0.4, 0.5) is 0 Å². The normalized spacial score (nSPS) is 17.7. The Morgan fingerprint density at radius 1 is 1.16 bits per heavy atom. The van der Waals surface area contributed by atoms with E-state index in [0.29, 0.717) is 6.04 Å². The lowest BCUT2D eigenvalue weighted by molar-refractivity contribution is 0.611. The number of hydrogen-bond donors (Lipinski definition) is 2. The van der Waals surface area contributed by atoms with Gasteiger partial charge in [-0.3, -0.25) is 4.99 Å². The summed E-state index contributed by atoms with van der Waals surface area (Å²) in [4.78, 5) is 4.38. The molecule has 0 radical (unpaired) electrons. The molecule has 25 heavy (non-hydrogen) atoms. The first-order valence-corrected chi connectivity index (χ1v) is 9.47. The average Bonchev–Trinajstić information content (AvgIpc) is 3.38. The number of aromatic nitrogens is 2. The maximum absolute atomic E-state index is 4.91. The zero-order chi connectivity index (χ0) is 17.1. The third-order valence-corrected chi connectivity index (χ3v) is 5.36. The summed E-state index contributed by atoms with van der Waals surface area (Å²) in [6.45, 7) is 0.731. The Labute approximate surface area is 149 Å². The summed E-state index contributed by atoms with van der Waals surface area (Å²) in [6.07, 6.45) is 8.62. The van der Waals surface area contributed by atoms with E-state index in [1.807, 2.05) is 13.1 Å². The Morgan fingerprint density at radius 3 is 2.72 bits per heavy atom. The molecule has 0 bridgehead atoms. The van der Waals surface area contributed by atoms with E-state index in [1.54, 1.807) is 0 Å². The summed E-state index contributed by atoms with van der Waals surface area (Å²) in [5, 5.41) is 11.9. The van der Waals surface area contributed by atoms with Gasteiger partial charge in [-0.1, -0.05) is 31.0 Å². The maximum Gasteiger partial charge on any atom is 0.191 e. The quantitative estimate of drug-likeness (QED) is 0.666. The number of rotatable bonds is 4. The van der Waals surface area contributed by atoms with Crippen molar-refractivity contribution in [2.24, 2.45) is 4.99 Å². The van der Waals surface area contributed by atoms with Crippen molar-refractivity contribution in [3.63, 3.8) is 0 Å². The molecular formula is C20H27N5. The first kappa shape index (κ1) is 16.2. The van der Waals surface area contributed by atoms with Gasteiger partial charge in [-0.05, 0) is 49.8 Å². The minimum atomic E-state index is 0.568. The molecule has 2 aliphatic rings. The lowest BCUT2D eigenvalue weighted by Crippen LogP contribution is -2.42. The maximum atomic E-state index is 4.91. The van der Waals surface area contributed by atoms with Crippen LogP contribution >= 0.6 is 0 Å². The van der Waals surface area contributed by atoms with Crippen LogP contribution in [0.5, 0.6) is 0 Å². The molecule has 0 spiro atoms. The molecule has 4 rings (SSSR count). The summed E-state index contributed by atoms with van der Waals surface area (Å²) in [7, 11) is 1.84. The number of para-hydroxylation sites is 1. The van der Waals surface area contributed by atoms with E-state index in [-0.39, 0.29) is 0 Å². The molecule has 1 fully saturated rings. The fourth-order valence-electron chi connectivity index (χ4n) is 4.06. The van der Waals surface area contributed by atoms with Crippen molar-refractivity contribution >= 4 is 5.96 Å². The van der Waals surface area contributed by atoms with Crippen LogP contribution in [0.15, 0.2) is 35.3 Å². The third kappa shape index (κ3) is 3.41. The fraction of sp³-hybridized carbons (Fsp3) is 0.500. The van der Waals surface area contributed by atoms with Gasteiger partial charge in [-0.15, -0.1) is 0 Å². The zero-order valence-corrected chi connectivity index (χ0v) is 15.0. The van der Waals surface area contributed by atoms with Gasteiger partial charge in [-0.2, -0.15) is 5.10 Å².